The van der Waals surface area contributed by atoms with Gasteiger partial charge in [0.05, 0.1) is 0 Å². The number of benzene rings is 1. The molecule has 0 atom stereocenters. The van der Waals surface area contributed by atoms with Gasteiger partial charge in [0.1, 0.15) is 0 Å². The lowest BCUT2D eigenvalue weighted by Gasteiger charge is -2.16. The molecule has 0 aromatic heterocycles. The van der Waals surface area contributed by atoms with Gasteiger partial charge >= 0.3 is 0 Å². The summed E-state index contributed by atoms with van der Waals surface area (Å²) >= 11 is 0. The lowest BCUT2D eigenvalue weighted by Crippen LogP contribution is -2.26. The molecule has 0 bridgehead atoms. The molecule has 0 aliphatic carbocycles. The van der Waals surface area contributed by atoms with Crippen LogP contribution in [-0.4, -0.2) is 16.8 Å². The molecule has 1 aliphatic rings. The van der Waals surface area contributed by atoms with Crippen molar-refractivity contribution in [3.8, 4) is 0 Å². The highest BCUT2D eigenvalue weighted by molar-refractivity contribution is 5.77. The van der Waals surface area contributed by atoms with Crippen molar-refractivity contribution in [2.75, 3.05) is 5.32 Å². The van der Waals surface area contributed by atoms with E-state index in [1.54, 1.807) is 0 Å². The molecule has 1 aromatic carbocycles. The molecule has 0 spiro atoms. The molecule has 19 heavy (non-hydrogen) atoms. The number of anilines is 1. The van der Waals surface area contributed by atoms with E-state index in [0.717, 1.165) is 18.8 Å². The lowest BCUT2D eigenvalue weighted by atomic mass is 10.1. The van der Waals surface area contributed by atoms with Crippen LogP contribution in [-0.2, 0) is 17.9 Å². The van der Waals surface area contributed by atoms with E-state index >= 15 is 0 Å². The largest absolute Gasteiger partial charge is 0.383 e. The minimum Gasteiger partial charge on any atom is -0.383 e. The average Bonchev–Trinajstić information content (AvgIpc) is 2.70. The highest BCUT2D eigenvalue weighted by atomic mass is 16.2. The third-order valence-corrected chi connectivity index (χ3v) is 3.32. The van der Waals surface area contributed by atoms with E-state index in [4.69, 9.17) is 0 Å². The molecule has 0 saturated carbocycles. The normalized spacial score (nSPS) is 14.1. The summed E-state index contributed by atoms with van der Waals surface area (Å²) in [6, 6.07) is 6.86. The molecule has 0 fully saturated rings. The van der Waals surface area contributed by atoms with Crippen LogP contribution in [0.1, 0.15) is 45.2 Å². The van der Waals surface area contributed by atoms with Gasteiger partial charge in [-0.15, -0.1) is 0 Å². The zero-order chi connectivity index (χ0) is 14.0. The molecule has 104 valence electrons. The minimum absolute atomic E-state index is 0.268. The third kappa shape index (κ3) is 3.49. The number of nitrogens with zero attached hydrogens (tertiary/aromatic N) is 1. The number of nitrogens with one attached hydrogen (secondary N) is 1. The Morgan fingerprint density at radius 2 is 1.89 bits per heavy atom. The molecule has 0 radical (unpaired) electrons. The Labute approximate surface area is 116 Å². The predicted octanol–water partition coefficient (Wildman–Crippen LogP) is 3.40. The van der Waals surface area contributed by atoms with Crippen molar-refractivity contribution in [2.45, 2.75) is 53.2 Å². The van der Waals surface area contributed by atoms with Gasteiger partial charge in [0.15, 0.2) is 0 Å². The molecule has 0 unspecified atom stereocenters. The Morgan fingerprint density at radius 1 is 1.21 bits per heavy atom. The molecule has 1 amide bonds. The van der Waals surface area contributed by atoms with Crippen molar-refractivity contribution >= 4 is 11.6 Å². The predicted molar refractivity (Wildman–Crippen MR) is 78.9 cm³/mol. The van der Waals surface area contributed by atoms with E-state index in [2.05, 4.69) is 51.2 Å². The van der Waals surface area contributed by atoms with Crippen LogP contribution in [0.5, 0.6) is 0 Å². The second-order valence-electron chi connectivity index (χ2n) is 6.13. The van der Waals surface area contributed by atoms with Crippen LogP contribution < -0.4 is 5.32 Å². The summed E-state index contributed by atoms with van der Waals surface area (Å²) in [4.78, 5) is 14.1. The quantitative estimate of drug-likeness (QED) is 0.900. The highest BCUT2D eigenvalue weighted by Crippen LogP contribution is 2.27. The smallest absolute Gasteiger partial charge is 0.223 e. The standard InChI is InChI=1S/C16H24N2O/c1-11(2)7-16(19)18-9-13-5-6-15(17-12(3)4)8-14(13)10-18/h5-6,8,11-12,17H,7,9-10H2,1-4H3. The maximum absolute atomic E-state index is 12.1. The SMILES string of the molecule is CC(C)CC(=O)N1Cc2ccc(NC(C)C)cc2C1. The molecular weight excluding hydrogens is 236 g/mol. The van der Waals surface area contributed by atoms with Gasteiger partial charge in [-0.3, -0.25) is 4.79 Å². The van der Waals surface area contributed by atoms with Gasteiger partial charge in [-0.05, 0) is 43.0 Å². The van der Waals surface area contributed by atoms with Crippen LogP contribution in [0.2, 0.25) is 0 Å². The van der Waals surface area contributed by atoms with Gasteiger partial charge in [-0.2, -0.15) is 0 Å². The van der Waals surface area contributed by atoms with Gasteiger partial charge in [0.25, 0.3) is 0 Å². The van der Waals surface area contributed by atoms with E-state index < -0.39 is 0 Å². The first-order valence-corrected chi connectivity index (χ1v) is 7.12. The van der Waals surface area contributed by atoms with E-state index in [0.29, 0.717) is 18.4 Å². The molecule has 0 saturated heterocycles. The number of carbonyl (C=O) groups is 1. The summed E-state index contributed by atoms with van der Waals surface area (Å²) in [7, 11) is 0. The van der Waals surface area contributed by atoms with Gasteiger partial charge in [0.2, 0.25) is 5.91 Å². The van der Waals surface area contributed by atoms with Crippen LogP contribution in [0.3, 0.4) is 0 Å². The minimum atomic E-state index is 0.268. The second-order valence-corrected chi connectivity index (χ2v) is 6.13. The molecular formula is C16H24N2O. The van der Waals surface area contributed by atoms with Gasteiger partial charge < -0.3 is 10.2 Å². The number of amides is 1. The molecule has 1 heterocycles. The molecule has 1 N–H and O–H groups in total. The van der Waals surface area contributed by atoms with Crippen molar-refractivity contribution in [3.05, 3.63) is 29.3 Å². The second kappa shape index (κ2) is 5.64. The molecule has 1 aliphatic heterocycles. The maximum Gasteiger partial charge on any atom is 0.223 e. The first-order chi connectivity index (χ1) is 8.95. The molecule has 2 rings (SSSR count). The Hall–Kier alpha value is -1.51. The first-order valence-electron chi connectivity index (χ1n) is 7.12. The molecule has 1 aromatic rings. The number of carbonyl (C=O) groups excluding carboxylic acids is 1. The molecule has 3 nitrogen and oxygen atoms in total. The summed E-state index contributed by atoms with van der Waals surface area (Å²) in [5, 5.41) is 3.41. The first kappa shape index (κ1) is 13.9. The summed E-state index contributed by atoms with van der Waals surface area (Å²) in [5.74, 6) is 0.693. The number of fused-ring (bicyclic) bond motifs is 1. The van der Waals surface area contributed by atoms with Crippen molar-refractivity contribution in [3.63, 3.8) is 0 Å². The Kier molecular flexibility index (Phi) is 4.13. The summed E-state index contributed by atoms with van der Waals surface area (Å²) < 4.78 is 0. The summed E-state index contributed by atoms with van der Waals surface area (Å²) in [6.45, 7) is 9.96. The van der Waals surface area contributed by atoms with E-state index in [1.165, 1.54) is 11.1 Å². The topological polar surface area (TPSA) is 32.3 Å². The van der Waals surface area contributed by atoms with E-state index in [1.807, 2.05) is 4.90 Å². The monoisotopic (exact) mass is 260 g/mol. The summed E-state index contributed by atoms with van der Waals surface area (Å²) in [6.07, 6.45) is 0.644. The highest BCUT2D eigenvalue weighted by Gasteiger charge is 2.23. The van der Waals surface area contributed by atoms with Crippen molar-refractivity contribution in [1.82, 2.24) is 4.90 Å². The molecule has 3 heteroatoms. The van der Waals surface area contributed by atoms with Crippen LogP contribution in [0.4, 0.5) is 5.69 Å². The maximum atomic E-state index is 12.1. The zero-order valence-corrected chi connectivity index (χ0v) is 12.4. The summed E-state index contributed by atoms with van der Waals surface area (Å²) in [5.41, 5.74) is 3.71. The van der Waals surface area contributed by atoms with Crippen LogP contribution >= 0.6 is 0 Å². The van der Waals surface area contributed by atoms with Crippen molar-refractivity contribution in [1.29, 1.82) is 0 Å². The van der Waals surface area contributed by atoms with E-state index in [-0.39, 0.29) is 5.91 Å². The van der Waals surface area contributed by atoms with Gasteiger partial charge in [0, 0.05) is 31.2 Å². The Balaban J connectivity index is 2.05. The third-order valence-electron chi connectivity index (χ3n) is 3.32. The number of hydrogen-bond donors (Lipinski definition) is 1. The van der Waals surface area contributed by atoms with Crippen LogP contribution in [0, 0.1) is 5.92 Å². The van der Waals surface area contributed by atoms with Crippen LogP contribution in [0.25, 0.3) is 0 Å². The van der Waals surface area contributed by atoms with Gasteiger partial charge in [-0.25, -0.2) is 0 Å². The number of rotatable bonds is 4. The van der Waals surface area contributed by atoms with Gasteiger partial charge in [-0.1, -0.05) is 19.9 Å². The average molecular weight is 260 g/mol. The fourth-order valence-corrected chi connectivity index (χ4v) is 2.47. The zero-order valence-electron chi connectivity index (χ0n) is 12.4. The number of hydrogen-bond acceptors (Lipinski definition) is 2. The Morgan fingerprint density at radius 3 is 2.53 bits per heavy atom. The fraction of sp³-hybridized carbons (Fsp3) is 0.562. The fourth-order valence-electron chi connectivity index (χ4n) is 2.47. The van der Waals surface area contributed by atoms with Crippen LogP contribution in [0.15, 0.2) is 18.2 Å². The van der Waals surface area contributed by atoms with E-state index in [9.17, 15) is 4.79 Å². The van der Waals surface area contributed by atoms with Crippen molar-refractivity contribution < 1.29 is 4.79 Å². The Bertz CT molecular complexity index is 466. The van der Waals surface area contributed by atoms with Crippen molar-refractivity contribution in [2.24, 2.45) is 5.92 Å². The lowest BCUT2D eigenvalue weighted by molar-refractivity contribution is -0.132.